The molecule has 4 heteroatoms. The van der Waals surface area contributed by atoms with Crippen LogP contribution in [0.15, 0.2) is 36.4 Å². The fourth-order valence-corrected chi connectivity index (χ4v) is 2.94. The second kappa shape index (κ2) is 7.97. The van der Waals surface area contributed by atoms with Crippen LogP contribution < -0.4 is 10.6 Å². The second-order valence-corrected chi connectivity index (χ2v) is 6.52. The van der Waals surface area contributed by atoms with Crippen LogP contribution in [0.1, 0.15) is 47.7 Å². The lowest BCUT2D eigenvalue weighted by Crippen LogP contribution is -2.37. The fraction of sp³-hybridized carbons (Fsp3) is 0.333. The summed E-state index contributed by atoms with van der Waals surface area (Å²) in [7, 11) is 0. The number of hydrogen-bond acceptors (Lipinski definition) is 2. The van der Waals surface area contributed by atoms with E-state index in [-0.39, 0.29) is 6.04 Å². The average Bonchev–Trinajstić information content (AvgIpc) is 2.57. The number of hydrogen-bond donors (Lipinski definition) is 2. The molecular formula is C21H26N2O2. The third kappa shape index (κ3) is 4.69. The van der Waals surface area contributed by atoms with E-state index in [2.05, 4.69) is 17.6 Å². The number of aryl methyl sites for hydroxylation is 4. The van der Waals surface area contributed by atoms with Gasteiger partial charge in [0.05, 0.1) is 6.04 Å². The first-order valence-corrected chi connectivity index (χ1v) is 8.60. The normalized spacial score (nSPS) is 11.7. The highest BCUT2D eigenvalue weighted by molar-refractivity contribution is 6.39. The van der Waals surface area contributed by atoms with Gasteiger partial charge in [0.2, 0.25) is 0 Å². The van der Waals surface area contributed by atoms with E-state index < -0.39 is 11.8 Å². The van der Waals surface area contributed by atoms with Crippen LogP contribution >= 0.6 is 0 Å². The van der Waals surface area contributed by atoms with Crippen molar-refractivity contribution in [2.45, 2.75) is 47.1 Å². The Labute approximate surface area is 149 Å². The fourth-order valence-electron chi connectivity index (χ4n) is 2.94. The number of rotatable bonds is 4. The van der Waals surface area contributed by atoms with Crippen molar-refractivity contribution in [3.63, 3.8) is 0 Å². The third-order valence-corrected chi connectivity index (χ3v) is 4.36. The van der Waals surface area contributed by atoms with Crippen molar-refractivity contribution in [3.05, 3.63) is 64.2 Å². The van der Waals surface area contributed by atoms with Gasteiger partial charge >= 0.3 is 11.8 Å². The molecule has 0 aliphatic heterocycles. The highest BCUT2D eigenvalue weighted by atomic mass is 16.2. The molecule has 2 aromatic carbocycles. The quantitative estimate of drug-likeness (QED) is 0.828. The number of benzene rings is 2. The summed E-state index contributed by atoms with van der Waals surface area (Å²) in [5.41, 5.74) is 5.93. The number of carbonyl (C=O) groups is 2. The Hall–Kier alpha value is -2.62. The monoisotopic (exact) mass is 338 g/mol. The largest absolute Gasteiger partial charge is 0.341 e. The highest BCUT2D eigenvalue weighted by Gasteiger charge is 2.18. The molecule has 0 saturated heterocycles. The number of amides is 2. The maximum absolute atomic E-state index is 12.2. The molecule has 25 heavy (non-hydrogen) atoms. The lowest BCUT2D eigenvalue weighted by atomic mass is 10.0. The summed E-state index contributed by atoms with van der Waals surface area (Å²) in [4.78, 5) is 24.5. The molecular weight excluding hydrogens is 312 g/mol. The molecule has 1 unspecified atom stereocenters. The molecule has 2 aromatic rings. The standard InChI is InChI=1S/C21H26N2O2/c1-6-17-7-9-18(10-8-17)16(5)22-20(24)21(25)23-19-14(3)11-13(2)12-15(19)4/h7-12,16H,6H2,1-5H3,(H,22,24)(H,23,25). The van der Waals surface area contributed by atoms with Crippen molar-refractivity contribution in [1.29, 1.82) is 0 Å². The first-order valence-electron chi connectivity index (χ1n) is 8.60. The zero-order valence-electron chi connectivity index (χ0n) is 15.6. The van der Waals surface area contributed by atoms with Crippen molar-refractivity contribution in [2.75, 3.05) is 5.32 Å². The molecule has 0 aliphatic rings. The minimum atomic E-state index is -0.646. The minimum Gasteiger partial charge on any atom is -0.341 e. The molecule has 2 rings (SSSR count). The summed E-state index contributed by atoms with van der Waals surface area (Å²) in [5, 5.41) is 5.48. The number of carbonyl (C=O) groups excluding carboxylic acids is 2. The van der Waals surface area contributed by atoms with Crippen LogP contribution in [0.5, 0.6) is 0 Å². The van der Waals surface area contributed by atoms with Crippen molar-refractivity contribution in [1.82, 2.24) is 5.32 Å². The summed E-state index contributed by atoms with van der Waals surface area (Å²) in [5.74, 6) is -1.28. The topological polar surface area (TPSA) is 58.2 Å². The van der Waals surface area contributed by atoms with Crippen LogP contribution in [-0.4, -0.2) is 11.8 Å². The number of nitrogens with one attached hydrogen (secondary N) is 2. The molecule has 1 atom stereocenters. The zero-order valence-corrected chi connectivity index (χ0v) is 15.6. The maximum atomic E-state index is 12.2. The first-order chi connectivity index (χ1) is 11.8. The van der Waals surface area contributed by atoms with E-state index in [0.717, 1.165) is 28.7 Å². The van der Waals surface area contributed by atoms with Gasteiger partial charge in [0.1, 0.15) is 0 Å². The first kappa shape index (κ1) is 18.7. The van der Waals surface area contributed by atoms with Gasteiger partial charge in [-0.1, -0.05) is 48.9 Å². The summed E-state index contributed by atoms with van der Waals surface area (Å²) in [6.07, 6.45) is 0.971. The van der Waals surface area contributed by atoms with Crippen LogP contribution in [0.25, 0.3) is 0 Å². The van der Waals surface area contributed by atoms with Gasteiger partial charge in [0, 0.05) is 5.69 Å². The molecule has 132 valence electrons. The molecule has 0 aliphatic carbocycles. The van der Waals surface area contributed by atoms with Gasteiger partial charge in [0.25, 0.3) is 0 Å². The average molecular weight is 338 g/mol. The predicted octanol–water partition coefficient (Wildman–Crippen LogP) is 3.99. The Bertz CT molecular complexity index is 756. The van der Waals surface area contributed by atoms with Crippen molar-refractivity contribution < 1.29 is 9.59 Å². The van der Waals surface area contributed by atoms with Gasteiger partial charge in [-0.3, -0.25) is 9.59 Å². The van der Waals surface area contributed by atoms with E-state index in [9.17, 15) is 9.59 Å². The third-order valence-electron chi connectivity index (χ3n) is 4.36. The van der Waals surface area contributed by atoms with Crippen molar-refractivity contribution in [3.8, 4) is 0 Å². The Balaban J connectivity index is 2.03. The summed E-state index contributed by atoms with van der Waals surface area (Å²) >= 11 is 0. The molecule has 4 nitrogen and oxygen atoms in total. The van der Waals surface area contributed by atoms with Gasteiger partial charge in [-0.05, 0) is 56.4 Å². The van der Waals surface area contributed by atoms with Gasteiger partial charge in [0.15, 0.2) is 0 Å². The minimum absolute atomic E-state index is 0.232. The molecule has 2 N–H and O–H groups in total. The highest BCUT2D eigenvalue weighted by Crippen LogP contribution is 2.22. The molecule has 0 heterocycles. The maximum Gasteiger partial charge on any atom is 0.313 e. The number of anilines is 1. The molecule has 0 saturated carbocycles. The lowest BCUT2D eigenvalue weighted by molar-refractivity contribution is -0.136. The van der Waals surface area contributed by atoms with Crippen LogP contribution in [-0.2, 0) is 16.0 Å². The summed E-state index contributed by atoms with van der Waals surface area (Å²) in [6, 6.07) is 11.8. The van der Waals surface area contributed by atoms with Crippen molar-refractivity contribution in [2.24, 2.45) is 0 Å². The van der Waals surface area contributed by atoms with E-state index in [0.29, 0.717) is 5.69 Å². The lowest BCUT2D eigenvalue weighted by Gasteiger charge is -2.16. The molecule has 0 aromatic heterocycles. The van der Waals surface area contributed by atoms with E-state index in [1.807, 2.05) is 64.1 Å². The molecule has 0 fully saturated rings. The van der Waals surface area contributed by atoms with Crippen LogP contribution in [0.3, 0.4) is 0 Å². The van der Waals surface area contributed by atoms with Gasteiger partial charge in [-0.2, -0.15) is 0 Å². The van der Waals surface area contributed by atoms with Crippen LogP contribution in [0, 0.1) is 20.8 Å². The van der Waals surface area contributed by atoms with E-state index >= 15 is 0 Å². The Morgan fingerprint density at radius 2 is 1.52 bits per heavy atom. The van der Waals surface area contributed by atoms with E-state index in [1.165, 1.54) is 5.56 Å². The SMILES string of the molecule is CCc1ccc(C(C)NC(=O)C(=O)Nc2c(C)cc(C)cc2C)cc1. The van der Waals surface area contributed by atoms with Crippen LogP contribution in [0.2, 0.25) is 0 Å². The van der Waals surface area contributed by atoms with Crippen molar-refractivity contribution >= 4 is 17.5 Å². The van der Waals surface area contributed by atoms with Crippen LogP contribution in [0.4, 0.5) is 5.69 Å². The molecule has 0 spiro atoms. The molecule has 0 bridgehead atoms. The molecule has 2 amide bonds. The van der Waals surface area contributed by atoms with E-state index in [1.54, 1.807) is 0 Å². The van der Waals surface area contributed by atoms with E-state index in [4.69, 9.17) is 0 Å². The summed E-state index contributed by atoms with van der Waals surface area (Å²) < 4.78 is 0. The van der Waals surface area contributed by atoms with Gasteiger partial charge in [-0.15, -0.1) is 0 Å². The predicted molar refractivity (Wildman–Crippen MR) is 102 cm³/mol. The smallest absolute Gasteiger partial charge is 0.313 e. The Kier molecular flexibility index (Phi) is 5.97. The van der Waals surface area contributed by atoms with Gasteiger partial charge < -0.3 is 10.6 Å². The second-order valence-electron chi connectivity index (χ2n) is 6.52. The summed E-state index contributed by atoms with van der Waals surface area (Å²) in [6.45, 7) is 9.81. The zero-order chi connectivity index (χ0) is 18.6. The Morgan fingerprint density at radius 3 is 2.04 bits per heavy atom. The Morgan fingerprint density at radius 1 is 0.960 bits per heavy atom. The van der Waals surface area contributed by atoms with Gasteiger partial charge in [-0.25, -0.2) is 0 Å². The molecule has 0 radical (unpaired) electrons.